The zero-order valence-corrected chi connectivity index (χ0v) is 29.9. The van der Waals surface area contributed by atoms with Gasteiger partial charge in [0, 0.05) is 19.4 Å². The van der Waals surface area contributed by atoms with E-state index in [1.165, 1.54) is 57.8 Å². The largest absolute Gasteiger partial charge is 0.472 e. The molecule has 2 unspecified atom stereocenters. The number of allylic oxidation sites excluding steroid dienone is 6. The summed E-state index contributed by atoms with van der Waals surface area (Å²) in [7, 11) is -4.40. The first kappa shape index (κ1) is 44.2. The molecule has 0 radical (unpaired) electrons. The molecular weight excluding hydrogens is 605 g/mol. The van der Waals surface area contributed by atoms with Crippen LogP contribution in [0, 0.1) is 0 Å². The van der Waals surface area contributed by atoms with Gasteiger partial charge in [-0.05, 0) is 51.4 Å². The van der Waals surface area contributed by atoms with Crippen molar-refractivity contribution in [1.29, 1.82) is 0 Å². The van der Waals surface area contributed by atoms with Gasteiger partial charge in [0.05, 0.1) is 13.2 Å². The van der Waals surface area contributed by atoms with Crippen LogP contribution in [-0.2, 0) is 27.9 Å². The lowest BCUT2D eigenvalue weighted by atomic mass is 10.1. The predicted molar refractivity (Wildman–Crippen MR) is 187 cm³/mol. The Balaban J connectivity index is 3.58. The Bertz CT molecular complexity index is 861. The molecule has 0 aliphatic heterocycles. The monoisotopic (exact) mass is 671 g/mol. The van der Waals surface area contributed by atoms with Crippen molar-refractivity contribution in [3.63, 3.8) is 0 Å². The second-order valence-electron chi connectivity index (χ2n) is 11.8. The summed E-state index contributed by atoms with van der Waals surface area (Å²) in [5.74, 6) is -0.544. The molecule has 3 N–H and O–H groups in total. The lowest BCUT2D eigenvalue weighted by Gasteiger charge is -2.15. The van der Waals surface area contributed by atoms with Crippen molar-refractivity contribution < 1.29 is 37.9 Å². The Morgan fingerprint density at radius 2 is 1.17 bits per heavy atom. The Kier molecular flexibility index (Phi) is 31.9. The van der Waals surface area contributed by atoms with E-state index in [1.54, 1.807) is 0 Å². The molecule has 0 saturated carbocycles. The summed E-state index contributed by atoms with van der Waals surface area (Å²) < 4.78 is 26.5. The van der Waals surface area contributed by atoms with E-state index in [4.69, 9.17) is 13.8 Å². The Morgan fingerprint density at radius 3 is 1.80 bits per heavy atom. The van der Waals surface area contributed by atoms with Gasteiger partial charge < -0.3 is 20.1 Å². The number of esters is 1. The van der Waals surface area contributed by atoms with Gasteiger partial charge in [-0.25, -0.2) is 4.57 Å². The number of hydrogen-bond donors (Lipinski definition) is 3. The number of carbonyl (C=O) groups excluding carboxylic acids is 2. The third kappa shape index (κ3) is 33.6. The van der Waals surface area contributed by atoms with Crippen LogP contribution in [0.25, 0.3) is 0 Å². The Hall–Kier alpha value is -1.77. The van der Waals surface area contributed by atoms with Gasteiger partial charge in [0.2, 0.25) is 5.91 Å². The summed E-state index contributed by atoms with van der Waals surface area (Å²) in [4.78, 5) is 33.4. The quantitative estimate of drug-likeness (QED) is 0.0273. The van der Waals surface area contributed by atoms with Gasteiger partial charge in [-0.3, -0.25) is 18.6 Å². The molecule has 0 aliphatic rings. The SMILES string of the molecule is CCCCC/C=C\C/C=C\C/C=C\CCCCCCCCCCC(=O)NCCOP(=O)(O)OCC(O)COC(=O)CCCCCC. The van der Waals surface area contributed by atoms with Gasteiger partial charge in [-0.1, -0.05) is 121 Å². The van der Waals surface area contributed by atoms with E-state index in [2.05, 4.69) is 55.6 Å². The fourth-order valence-electron chi connectivity index (χ4n) is 4.56. The smallest absolute Gasteiger partial charge is 0.463 e. The van der Waals surface area contributed by atoms with Crippen molar-refractivity contribution in [2.24, 2.45) is 0 Å². The molecule has 268 valence electrons. The average Bonchev–Trinajstić information content (AvgIpc) is 3.04. The second kappa shape index (κ2) is 33.1. The minimum Gasteiger partial charge on any atom is -0.463 e. The van der Waals surface area contributed by atoms with E-state index < -0.39 is 26.5 Å². The molecule has 0 aliphatic carbocycles. The van der Waals surface area contributed by atoms with Gasteiger partial charge in [0.25, 0.3) is 0 Å². The van der Waals surface area contributed by atoms with Crippen LogP contribution in [-0.4, -0.2) is 54.3 Å². The van der Waals surface area contributed by atoms with Crippen molar-refractivity contribution in [2.45, 2.75) is 155 Å². The number of carbonyl (C=O) groups is 2. The van der Waals surface area contributed by atoms with E-state index in [1.807, 2.05) is 0 Å². The molecule has 9 nitrogen and oxygen atoms in total. The molecule has 0 heterocycles. The van der Waals surface area contributed by atoms with Crippen LogP contribution in [0.5, 0.6) is 0 Å². The zero-order chi connectivity index (χ0) is 34.0. The molecule has 0 aromatic rings. The summed E-state index contributed by atoms with van der Waals surface area (Å²) in [6.45, 7) is 3.35. The average molecular weight is 672 g/mol. The molecule has 46 heavy (non-hydrogen) atoms. The van der Waals surface area contributed by atoms with Crippen molar-refractivity contribution in [3.05, 3.63) is 36.5 Å². The van der Waals surface area contributed by atoms with Crippen LogP contribution < -0.4 is 5.32 Å². The highest BCUT2D eigenvalue weighted by Gasteiger charge is 2.23. The third-order valence-electron chi connectivity index (χ3n) is 7.32. The maximum Gasteiger partial charge on any atom is 0.472 e. The number of hydrogen-bond acceptors (Lipinski definition) is 7. The first-order valence-corrected chi connectivity index (χ1v) is 19.5. The normalized spacial score (nSPS) is 13.9. The van der Waals surface area contributed by atoms with Gasteiger partial charge in [0.1, 0.15) is 12.7 Å². The summed E-state index contributed by atoms with van der Waals surface area (Å²) in [6, 6.07) is 0. The molecule has 10 heteroatoms. The molecule has 0 spiro atoms. The van der Waals surface area contributed by atoms with Gasteiger partial charge >= 0.3 is 13.8 Å². The topological polar surface area (TPSA) is 131 Å². The van der Waals surface area contributed by atoms with Crippen LogP contribution in [0.15, 0.2) is 36.5 Å². The highest BCUT2D eigenvalue weighted by Crippen LogP contribution is 2.42. The molecule has 0 aromatic carbocycles. The van der Waals surface area contributed by atoms with Crippen molar-refractivity contribution in [3.8, 4) is 0 Å². The highest BCUT2D eigenvalue weighted by atomic mass is 31.2. The standard InChI is InChI=1S/C36H66NO8P/c1-3-5-7-9-10-11-12-13-14-15-16-17-18-19-20-21-22-23-24-25-26-28-35(39)37-30-31-44-46(41,42)45-33-34(38)32-43-36(40)29-27-8-6-4-2/h10-11,13-14,16-17,34,38H,3-9,12,15,18-33H2,1-2H3,(H,37,39)(H,41,42)/b11-10-,14-13-,17-16-. The van der Waals surface area contributed by atoms with Crippen molar-refractivity contribution in [1.82, 2.24) is 5.32 Å². The number of aliphatic hydroxyl groups is 1. The highest BCUT2D eigenvalue weighted by molar-refractivity contribution is 7.47. The fourth-order valence-corrected chi connectivity index (χ4v) is 5.32. The molecule has 1 amide bonds. The summed E-state index contributed by atoms with van der Waals surface area (Å²) in [5, 5.41) is 12.5. The Morgan fingerprint density at radius 1 is 0.674 bits per heavy atom. The zero-order valence-electron chi connectivity index (χ0n) is 29.0. The van der Waals surface area contributed by atoms with Crippen molar-refractivity contribution in [2.75, 3.05) is 26.4 Å². The van der Waals surface area contributed by atoms with Crippen LogP contribution in [0.2, 0.25) is 0 Å². The van der Waals surface area contributed by atoms with Crippen molar-refractivity contribution >= 4 is 19.7 Å². The van der Waals surface area contributed by atoms with Crippen LogP contribution in [0.3, 0.4) is 0 Å². The molecule has 0 saturated heterocycles. The van der Waals surface area contributed by atoms with E-state index >= 15 is 0 Å². The van der Waals surface area contributed by atoms with Crippen LogP contribution in [0.1, 0.15) is 149 Å². The molecule has 0 rings (SSSR count). The number of aliphatic hydroxyl groups excluding tert-OH is 1. The van der Waals surface area contributed by atoms with Crippen LogP contribution >= 0.6 is 7.82 Å². The second-order valence-corrected chi connectivity index (χ2v) is 13.3. The Labute approximate surface area is 280 Å². The summed E-state index contributed by atoms with van der Waals surface area (Å²) in [5.41, 5.74) is 0. The maximum absolute atomic E-state index is 12.0. The van der Waals surface area contributed by atoms with E-state index in [9.17, 15) is 24.2 Å². The number of phosphoric ester groups is 1. The van der Waals surface area contributed by atoms with E-state index in [0.29, 0.717) is 6.42 Å². The number of phosphoric acid groups is 1. The molecule has 0 aromatic heterocycles. The number of amides is 1. The number of unbranched alkanes of at least 4 members (excludes halogenated alkanes) is 14. The number of rotatable bonds is 33. The number of nitrogens with one attached hydrogen (secondary N) is 1. The third-order valence-corrected chi connectivity index (χ3v) is 8.31. The van der Waals surface area contributed by atoms with Gasteiger partial charge in [0.15, 0.2) is 0 Å². The minimum atomic E-state index is -4.40. The fraction of sp³-hybridized carbons (Fsp3) is 0.778. The maximum atomic E-state index is 12.0. The van der Waals surface area contributed by atoms with Crippen LogP contribution in [0.4, 0.5) is 0 Å². The van der Waals surface area contributed by atoms with E-state index in [0.717, 1.165) is 64.2 Å². The molecule has 2 atom stereocenters. The summed E-state index contributed by atoms with van der Waals surface area (Å²) >= 11 is 0. The van der Waals surface area contributed by atoms with Gasteiger partial charge in [-0.2, -0.15) is 0 Å². The first-order chi connectivity index (χ1) is 22.3. The molecular formula is C36H66NO8P. The van der Waals surface area contributed by atoms with E-state index in [-0.39, 0.29) is 32.1 Å². The lowest BCUT2D eigenvalue weighted by Crippen LogP contribution is -2.27. The molecule has 0 fully saturated rings. The minimum absolute atomic E-state index is 0.0771. The number of ether oxygens (including phenoxy) is 1. The predicted octanol–water partition coefficient (Wildman–Crippen LogP) is 9.04. The summed E-state index contributed by atoms with van der Waals surface area (Å²) in [6.07, 6.45) is 34.2. The molecule has 0 bridgehead atoms. The van der Waals surface area contributed by atoms with Gasteiger partial charge in [-0.15, -0.1) is 0 Å². The lowest BCUT2D eigenvalue weighted by molar-refractivity contribution is -0.147. The first-order valence-electron chi connectivity index (χ1n) is 18.0.